The van der Waals surface area contributed by atoms with E-state index in [1.54, 1.807) is 0 Å². The lowest BCUT2D eigenvalue weighted by Crippen LogP contribution is -2.32. The van der Waals surface area contributed by atoms with Gasteiger partial charge in [0.1, 0.15) is 11.4 Å². The average molecular weight is 406 g/mol. The van der Waals surface area contributed by atoms with Crippen molar-refractivity contribution in [3.63, 3.8) is 0 Å². The van der Waals surface area contributed by atoms with Crippen molar-refractivity contribution in [1.82, 2.24) is 4.57 Å². The fourth-order valence-corrected chi connectivity index (χ4v) is 4.30. The number of hydrogen-bond acceptors (Lipinski definition) is 1. The van der Waals surface area contributed by atoms with Gasteiger partial charge in [0.25, 0.3) is 6.33 Å². The number of benzene rings is 2. The first-order chi connectivity index (χ1) is 14.1. The van der Waals surface area contributed by atoms with Crippen molar-refractivity contribution in [3.8, 4) is 17.3 Å². The zero-order chi connectivity index (χ0) is 22.2. The van der Waals surface area contributed by atoms with E-state index in [9.17, 15) is 5.11 Å². The lowest BCUT2D eigenvalue weighted by atomic mass is 9.92. The zero-order valence-corrected chi connectivity index (χ0v) is 19.8. The maximum Gasteiger partial charge on any atom is 0.327 e. The lowest BCUT2D eigenvalue weighted by Gasteiger charge is -2.17. The summed E-state index contributed by atoms with van der Waals surface area (Å²) in [4.78, 5) is 0. The van der Waals surface area contributed by atoms with E-state index in [-0.39, 0.29) is 5.88 Å². The number of para-hydroxylation sites is 2. The van der Waals surface area contributed by atoms with E-state index in [1.807, 2.05) is 10.8 Å². The van der Waals surface area contributed by atoms with Gasteiger partial charge in [0, 0.05) is 22.3 Å². The Morgan fingerprint density at radius 1 is 0.667 bits per heavy atom. The second-order valence-electron chi connectivity index (χ2n) is 9.57. The molecule has 0 aliphatic carbocycles. The van der Waals surface area contributed by atoms with Gasteiger partial charge in [-0.25, -0.2) is 0 Å². The number of imidazole rings is 1. The minimum Gasteiger partial charge on any atom is -0.475 e. The van der Waals surface area contributed by atoms with Crippen LogP contribution >= 0.6 is 0 Å². The standard InChI is InChI=1S/C27H36N2O/c1-17(2)21-11-9-12-22(18(3)4)26(21)28-15-25(30)29(16-28)27-23(19(5)6)13-10-14-24(27)20(7)8/h9-20H,1-8H3/p+1. The third-order valence-electron chi connectivity index (χ3n) is 5.93. The summed E-state index contributed by atoms with van der Waals surface area (Å²) in [6, 6.07) is 13.0. The SMILES string of the molecule is CC(C)c1cccc(C(C)C)c1-n1c[n+](-c2c(C(C)C)cccc2C(C)C)cc1O. The van der Waals surface area contributed by atoms with Gasteiger partial charge in [-0.15, -0.1) is 0 Å². The lowest BCUT2D eigenvalue weighted by molar-refractivity contribution is -0.596. The second-order valence-corrected chi connectivity index (χ2v) is 9.57. The van der Waals surface area contributed by atoms with Crippen LogP contribution in [0.1, 0.15) is 101 Å². The summed E-state index contributed by atoms with van der Waals surface area (Å²) >= 11 is 0. The molecule has 1 N–H and O–H groups in total. The van der Waals surface area contributed by atoms with Gasteiger partial charge >= 0.3 is 5.88 Å². The average Bonchev–Trinajstić information content (AvgIpc) is 3.07. The van der Waals surface area contributed by atoms with Gasteiger partial charge in [0.15, 0.2) is 6.20 Å². The third-order valence-corrected chi connectivity index (χ3v) is 5.93. The van der Waals surface area contributed by atoms with Crippen molar-refractivity contribution >= 4 is 0 Å². The number of aromatic hydroxyl groups is 1. The molecule has 3 rings (SSSR count). The highest BCUT2D eigenvalue weighted by Gasteiger charge is 2.27. The highest BCUT2D eigenvalue weighted by Crippen LogP contribution is 2.34. The monoisotopic (exact) mass is 405 g/mol. The highest BCUT2D eigenvalue weighted by molar-refractivity contribution is 5.53. The maximum atomic E-state index is 11.1. The minimum absolute atomic E-state index is 0.262. The first-order valence-corrected chi connectivity index (χ1v) is 11.2. The van der Waals surface area contributed by atoms with Crippen molar-refractivity contribution < 1.29 is 9.67 Å². The van der Waals surface area contributed by atoms with Gasteiger partial charge in [0.2, 0.25) is 0 Å². The van der Waals surface area contributed by atoms with Crippen LogP contribution in [0.3, 0.4) is 0 Å². The molecule has 0 atom stereocenters. The van der Waals surface area contributed by atoms with E-state index >= 15 is 0 Å². The van der Waals surface area contributed by atoms with Gasteiger partial charge < -0.3 is 5.11 Å². The summed E-state index contributed by atoms with van der Waals surface area (Å²) in [5, 5.41) is 11.1. The Kier molecular flexibility index (Phi) is 6.40. The molecule has 0 amide bonds. The summed E-state index contributed by atoms with van der Waals surface area (Å²) in [5.41, 5.74) is 7.38. The topological polar surface area (TPSA) is 29.0 Å². The van der Waals surface area contributed by atoms with E-state index in [0.29, 0.717) is 23.7 Å². The molecular weight excluding hydrogens is 368 g/mol. The van der Waals surface area contributed by atoms with E-state index in [1.165, 1.54) is 27.9 Å². The van der Waals surface area contributed by atoms with Crippen LogP contribution in [0.2, 0.25) is 0 Å². The third kappa shape index (κ3) is 4.03. The predicted molar refractivity (Wildman–Crippen MR) is 125 cm³/mol. The fourth-order valence-electron chi connectivity index (χ4n) is 4.30. The maximum absolute atomic E-state index is 11.1. The van der Waals surface area contributed by atoms with E-state index in [4.69, 9.17) is 0 Å². The Morgan fingerprint density at radius 3 is 1.47 bits per heavy atom. The molecule has 0 saturated heterocycles. The van der Waals surface area contributed by atoms with Gasteiger partial charge in [-0.05, 0) is 23.7 Å². The van der Waals surface area contributed by atoms with Crippen molar-refractivity contribution in [1.29, 1.82) is 0 Å². The molecule has 3 aromatic rings. The number of hydrogen-bond donors (Lipinski definition) is 1. The molecule has 0 saturated carbocycles. The van der Waals surface area contributed by atoms with Crippen LogP contribution < -0.4 is 4.57 Å². The van der Waals surface area contributed by atoms with Gasteiger partial charge in [-0.1, -0.05) is 91.8 Å². The largest absolute Gasteiger partial charge is 0.475 e. The molecule has 0 aliphatic heterocycles. The Labute approximate surface area is 182 Å². The summed E-state index contributed by atoms with van der Waals surface area (Å²) < 4.78 is 4.08. The smallest absolute Gasteiger partial charge is 0.327 e. The summed E-state index contributed by atoms with van der Waals surface area (Å²) in [5.74, 6) is 1.78. The van der Waals surface area contributed by atoms with E-state index in [2.05, 4.69) is 103 Å². The van der Waals surface area contributed by atoms with Crippen molar-refractivity contribution in [2.75, 3.05) is 0 Å². The highest BCUT2D eigenvalue weighted by atomic mass is 16.3. The van der Waals surface area contributed by atoms with Crippen LogP contribution in [-0.4, -0.2) is 9.67 Å². The summed E-state index contributed by atoms with van der Waals surface area (Å²) in [7, 11) is 0. The minimum atomic E-state index is 0.262. The van der Waals surface area contributed by atoms with Crippen LogP contribution in [0.5, 0.6) is 5.88 Å². The summed E-state index contributed by atoms with van der Waals surface area (Å²) in [6.07, 6.45) is 3.91. The molecule has 160 valence electrons. The van der Waals surface area contributed by atoms with E-state index in [0.717, 1.165) is 5.69 Å². The Morgan fingerprint density at radius 2 is 1.07 bits per heavy atom. The molecule has 30 heavy (non-hydrogen) atoms. The predicted octanol–water partition coefficient (Wildman–Crippen LogP) is 6.95. The molecule has 2 aromatic carbocycles. The molecule has 1 heterocycles. The van der Waals surface area contributed by atoms with Crippen LogP contribution in [0, 0.1) is 0 Å². The molecule has 0 spiro atoms. The van der Waals surface area contributed by atoms with E-state index < -0.39 is 0 Å². The Hall–Kier alpha value is -2.55. The first-order valence-electron chi connectivity index (χ1n) is 11.2. The number of nitrogens with zero attached hydrogens (tertiary/aromatic N) is 2. The molecule has 0 bridgehead atoms. The number of aromatic nitrogens is 2. The molecular formula is C27H37N2O+. The van der Waals surface area contributed by atoms with Crippen LogP contribution in [-0.2, 0) is 0 Å². The first kappa shape index (κ1) is 22.1. The van der Waals surface area contributed by atoms with Crippen molar-refractivity contribution in [3.05, 3.63) is 71.2 Å². The van der Waals surface area contributed by atoms with Gasteiger partial charge in [-0.2, -0.15) is 9.13 Å². The molecule has 1 aromatic heterocycles. The molecule has 0 aliphatic rings. The second kappa shape index (κ2) is 8.67. The molecule has 0 radical (unpaired) electrons. The van der Waals surface area contributed by atoms with Gasteiger partial charge in [0.05, 0.1) is 0 Å². The summed E-state index contributed by atoms with van der Waals surface area (Å²) in [6.45, 7) is 17.8. The molecule has 0 fully saturated rings. The van der Waals surface area contributed by atoms with Crippen molar-refractivity contribution in [2.45, 2.75) is 79.1 Å². The van der Waals surface area contributed by atoms with Gasteiger partial charge in [-0.3, -0.25) is 0 Å². The van der Waals surface area contributed by atoms with Crippen LogP contribution in [0.4, 0.5) is 0 Å². The van der Waals surface area contributed by atoms with Crippen LogP contribution in [0.15, 0.2) is 48.9 Å². The fraction of sp³-hybridized carbons (Fsp3) is 0.444. The Balaban J connectivity index is 2.30. The normalized spacial score (nSPS) is 12.0. The van der Waals surface area contributed by atoms with Crippen LogP contribution in [0.25, 0.3) is 11.4 Å². The van der Waals surface area contributed by atoms with Crippen molar-refractivity contribution in [2.24, 2.45) is 0 Å². The quantitative estimate of drug-likeness (QED) is 0.442. The Bertz CT molecular complexity index is 973. The molecule has 3 heteroatoms. The zero-order valence-electron chi connectivity index (χ0n) is 19.8. The molecule has 3 nitrogen and oxygen atoms in total. The number of rotatable bonds is 6. The molecule has 0 unspecified atom stereocenters.